The molecule has 200 valence electrons. The Morgan fingerprint density at radius 3 is 2.56 bits per heavy atom. The van der Waals surface area contributed by atoms with Gasteiger partial charge in [-0.2, -0.15) is 5.10 Å². The van der Waals surface area contributed by atoms with Gasteiger partial charge in [-0.15, -0.1) is 0 Å². The molecule has 0 amide bonds. The van der Waals surface area contributed by atoms with E-state index in [0.29, 0.717) is 38.9 Å². The molecule has 0 aliphatic rings. The number of benzene rings is 2. The van der Waals surface area contributed by atoms with Crippen molar-refractivity contribution in [1.29, 1.82) is 0 Å². The van der Waals surface area contributed by atoms with Crippen molar-refractivity contribution in [3.8, 4) is 23.0 Å². The second kappa shape index (κ2) is 11.1. The fourth-order valence-electron chi connectivity index (χ4n) is 3.86. The molecule has 8 nitrogen and oxygen atoms in total. The largest absolute Gasteiger partial charge is 0.491 e. The van der Waals surface area contributed by atoms with E-state index in [0.717, 1.165) is 12.1 Å². The van der Waals surface area contributed by atoms with Gasteiger partial charge in [0.1, 0.15) is 29.7 Å². The fourth-order valence-corrected chi connectivity index (χ4v) is 4.03. The van der Waals surface area contributed by atoms with Crippen molar-refractivity contribution in [3.05, 3.63) is 83.3 Å². The number of anilines is 2. The van der Waals surface area contributed by atoms with E-state index in [4.69, 9.17) is 21.1 Å². The van der Waals surface area contributed by atoms with E-state index in [9.17, 15) is 17.6 Å². The van der Waals surface area contributed by atoms with Crippen molar-refractivity contribution in [2.75, 3.05) is 19.0 Å². The van der Waals surface area contributed by atoms with Gasteiger partial charge in [0.2, 0.25) is 0 Å². The number of para-hydroxylation sites is 1. The zero-order valence-corrected chi connectivity index (χ0v) is 21.0. The van der Waals surface area contributed by atoms with E-state index in [1.807, 2.05) is 0 Å². The Hall–Kier alpha value is -4.45. The van der Waals surface area contributed by atoms with Gasteiger partial charge in [-0.1, -0.05) is 29.8 Å². The number of fused-ring (bicyclic) bond motifs is 1. The number of alkyl halides is 2. The molecule has 13 heteroatoms. The molecule has 39 heavy (non-hydrogen) atoms. The number of hydrogen-bond donors (Lipinski definition) is 1. The Morgan fingerprint density at radius 2 is 1.85 bits per heavy atom. The average molecular weight is 559 g/mol. The van der Waals surface area contributed by atoms with Crippen molar-refractivity contribution >= 4 is 34.0 Å². The molecule has 3 heterocycles. The van der Waals surface area contributed by atoms with Gasteiger partial charge in [0.15, 0.2) is 17.4 Å². The van der Waals surface area contributed by atoms with Gasteiger partial charge in [0, 0.05) is 35.5 Å². The maximum atomic E-state index is 14.8. The number of halogens is 5. The molecular formula is C26H19ClF4N6O2. The molecule has 5 aromatic rings. The summed E-state index contributed by atoms with van der Waals surface area (Å²) in [4.78, 5) is 12.9. The van der Waals surface area contributed by atoms with E-state index in [1.54, 1.807) is 36.5 Å². The van der Waals surface area contributed by atoms with Crippen LogP contribution < -0.4 is 14.8 Å². The van der Waals surface area contributed by atoms with Crippen LogP contribution in [0.15, 0.2) is 61.1 Å². The minimum atomic E-state index is -2.78. The lowest BCUT2D eigenvalue weighted by Crippen LogP contribution is -2.10. The predicted molar refractivity (Wildman–Crippen MR) is 137 cm³/mol. The Morgan fingerprint density at radius 1 is 1.08 bits per heavy atom. The van der Waals surface area contributed by atoms with E-state index in [2.05, 4.69) is 25.4 Å². The zero-order valence-electron chi connectivity index (χ0n) is 20.2. The summed E-state index contributed by atoms with van der Waals surface area (Å²) in [5.41, 5.74) is 1.15. The van der Waals surface area contributed by atoms with Crippen molar-refractivity contribution in [1.82, 2.24) is 24.7 Å². The first-order valence-electron chi connectivity index (χ1n) is 11.5. The Balaban J connectivity index is 1.53. The maximum absolute atomic E-state index is 14.8. The molecule has 0 saturated carbocycles. The summed E-state index contributed by atoms with van der Waals surface area (Å²) in [5.74, 6) is -1.38. The number of rotatable bonds is 9. The second-order valence-electron chi connectivity index (χ2n) is 8.18. The van der Waals surface area contributed by atoms with E-state index in [1.165, 1.54) is 24.2 Å². The van der Waals surface area contributed by atoms with Crippen LogP contribution in [0.25, 0.3) is 22.4 Å². The van der Waals surface area contributed by atoms with Crippen LogP contribution in [-0.2, 0) is 6.54 Å². The third-order valence-corrected chi connectivity index (χ3v) is 5.97. The van der Waals surface area contributed by atoms with Crippen molar-refractivity contribution in [2.45, 2.75) is 13.0 Å². The van der Waals surface area contributed by atoms with E-state index < -0.39 is 24.7 Å². The third-order valence-electron chi connectivity index (χ3n) is 5.67. The highest BCUT2D eigenvalue weighted by molar-refractivity contribution is 6.33. The quantitative estimate of drug-likeness (QED) is 0.214. The van der Waals surface area contributed by atoms with Gasteiger partial charge in [0.25, 0.3) is 6.43 Å². The number of nitrogens with one attached hydrogen (secondary N) is 1. The summed E-state index contributed by atoms with van der Waals surface area (Å²) in [6.45, 7) is -1.27. The standard InChI is InChI=1S/C26H19ClF4N6O2/c1-38-22-11-33-26(35-25(22)34-20-6-7-32-10-17(20)27)24-15-4-2-3-5-21(15)37(36-24)12-16-18(28)8-14(9-19(16)29)39-13-23(30)31/h2-11,23H,12-13H2,1H3,(H,32,33,34,35). The molecule has 0 saturated heterocycles. The molecule has 5 rings (SSSR count). The molecule has 0 bridgehead atoms. The summed E-state index contributed by atoms with van der Waals surface area (Å²) in [7, 11) is 1.47. The topological polar surface area (TPSA) is 87.0 Å². The van der Waals surface area contributed by atoms with Crippen LogP contribution in [0.1, 0.15) is 5.56 Å². The van der Waals surface area contributed by atoms with Crippen LogP contribution in [0.5, 0.6) is 11.5 Å². The van der Waals surface area contributed by atoms with Gasteiger partial charge in [-0.05, 0) is 12.1 Å². The number of hydrogen-bond acceptors (Lipinski definition) is 7. The number of methoxy groups -OCH3 is 1. The molecule has 0 aliphatic heterocycles. The number of ether oxygens (including phenoxy) is 2. The molecule has 0 fully saturated rings. The summed E-state index contributed by atoms with van der Waals surface area (Å²) in [6.07, 6.45) is 1.73. The molecule has 1 N–H and O–H groups in total. The van der Waals surface area contributed by atoms with Crippen molar-refractivity contribution in [3.63, 3.8) is 0 Å². The molecule has 2 aromatic carbocycles. The Kier molecular flexibility index (Phi) is 7.46. The molecule has 0 aliphatic carbocycles. The van der Waals surface area contributed by atoms with Crippen LogP contribution in [0.2, 0.25) is 5.02 Å². The lowest BCUT2D eigenvalue weighted by molar-refractivity contribution is 0.0815. The number of aromatic nitrogens is 5. The van der Waals surface area contributed by atoms with Gasteiger partial charge in [-0.3, -0.25) is 9.67 Å². The first-order chi connectivity index (χ1) is 18.8. The van der Waals surface area contributed by atoms with E-state index in [-0.39, 0.29) is 23.7 Å². The summed E-state index contributed by atoms with van der Waals surface area (Å²) < 4.78 is 66.0. The summed E-state index contributed by atoms with van der Waals surface area (Å²) >= 11 is 6.22. The average Bonchev–Trinajstić information content (AvgIpc) is 3.29. The normalized spacial score (nSPS) is 11.3. The highest BCUT2D eigenvalue weighted by Gasteiger charge is 2.20. The molecular weight excluding hydrogens is 540 g/mol. The van der Waals surface area contributed by atoms with Crippen molar-refractivity contribution in [2.24, 2.45) is 0 Å². The molecule has 0 spiro atoms. The van der Waals surface area contributed by atoms with Gasteiger partial charge in [-0.25, -0.2) is 27.5 Å². The number of nitrogens with zero attached hydrogens (tertiary/aromatic N) is 5. The van der Waals surface area contributed by atoms with Gasteiger partial charge >= 0.3 is 0 Å². The third kappa shape index (κ3) is 5.55. The lowest BCUT2D eigenvalue weighted by atomic mass is 10.1. The van der Waals surface area contributed by atoms with E-state index >= 15 is 0 Å². The predicted octanol–water partition coefficient (Wildman–Crippen LogP) is 6.26. The Bertz CT molecular complexity index is 1630. The lowest BCUT2D eigenvalue weighted by Gasteiger charge is -2.11. The zero-order chi connectivity index (χ0) is 27.5. The first kappa shape index (κ1) is 26.2. The minimum Gasteiger partial charge on any atom is -0.491 e. The van der Waals surface area contributed by atoms with Crippen LogP contribution in [0.4, 0.5) is 29.1 Å². The monoisotopic (exact) mass is 558 g/mol. The fraction of sp³-hybridized carbons (Fsp3) is 0.154. The van der Waals surface area contributed by atoms with Crippen LogP contribution in [-0.4, -0.2) is 44.9 Å². The molecule has 3 aromatic heterocycles. The summed E-state index contributed by atoms with van der Waals surface area (Å²) in [6, 6.07) is 10.5. The van der Waals surface area contributed by atoms with Crippen LogP contribution in [0.3, 0.4) is 0 Å². The SMILES string of the molecule is COc1cnc(-c2nn(Cc3c(F)cc(OCC(F)F)cc3F)c3ccccc23)nc1Nc1ccncc1Cl. The maximum Gasteiger partial charge on any atom is 0.272 e. The van der Waals surface area contributed by atoms with Crippen molar-refractivity contribution < 1.29 is 27.0 Å². The van der Waals surface area contributed by atoms with Gasteiger partial charge < -0.3 is 14.8 Å². The van der Waals surface area contributed by atoms with Crippen LogP contribution in [0, 0.1) is 11.6 Å². The molecule has 0 atom stereocenters. The highest BCUT2D eigenvalue weighted by atomic mass is 35.5. The minimum absolute atomic E-state index is 0.218. The number of pyridine rings is 1. The second-order valence-corrected chi connectivity index (χ2v) is 8.59. The highest BCUT2D eigenvalue weighted by Crippen LogP contribution is 2.33. The Labute approximate surface area is 224 Å². The molecule has 0 unspecified atom stereocenters. The van der Waals surface area contributed by atoms with Crippen LogP contribution >= 0.6 is 11.6 Å². The summed E-state index contributed by atoms with van der Waals surface area (Å²) in [5, 5.41) is 8.65. The first-order valence-corrected chi connectivity index (χ1v) is 11.8. The smallest absolute Gasteiger partial charge is 0.272 e. The molecule has 0 radical (unpaired) electrons. The van der Waals surface area contributed by atoms with Gasteiger partial charge in [0.05, 0.1) is 36.1 Å².